The lowest BCUT2D eigenvalue weighted by molar-refractivity contribution is -0.802. The van der Waals surface area contributed by atoms with Crippen molar-refractivity contribution in [2.45, 2.75) is 13.8 Å². The Kier molecular flexibility index (Phi) is 2.53. The molecule has 110 valence electrons. The van der Waals surface area contributed by atoms with Crippen LogP contribution in [0, 0.1) is 13.8 Å². The highest BCUT2D eigenvalue weighted by Gasteiger charge is 2.40. The molecule has 1 atom stereocenters. The van der Waals surface area contributed by atoms with Crippen LogP contribution in [-0.2, 0) is 0 Å². The second-order valence-electron chi connectivity index (χ2n) is 5.08. The number of nitrogens with zero attached hydrogens (tertiary/aromatic N) is 5. The number of quaternary nitrogens is 1. The van der Waals surface area contributed by atoms with Crippen molar-refractivity contribution >= 4 is 23.6 Å². The number of hydrogen-bond acceptors (Lipinski definition) is 7. The van der Waals surface area contributed by atoms with Crippen molar-refractivity contribution in [2.75, 3.05) is 0 Å². The van der Waals surface area contributed by atoms with Crippen LogP contribution < -0.4 is 5.84 Å². The summed E-state index contributed by atoms with van der Waals surface area (Å²) in [5.74, 6) is 8.51. The van der Waals surface area contributed by atoms with E-state index in [0.29, 0.717) is 28.9 Å². The van der Waals surface area contributed by atoms with E-state index in [-0.39, 0.29) is 4.70 Å². The first-order valence-corrected chi connectivity index (χ1v) is 6.68. The number of hydrogen-bond donors (Lipinski definition) is 1. The van der Waals surface area contributed by atoms with Gasteiger partial charge in [0.1, 0.15) is 17.7 Å². The van der Waals surface area contributed by atoms with Gasteiger partial charge in [-0.05, 0) is 35.8 Å². The predicted molar refractivity (Wildman–Crippen MR) is 79.6 cm³/mol. The summed E-state index contributed by atoms with van der Waals surface area (Å²) in [6.07, 6.45) is 4.87. The molecule has 0 spiro atoms. The lowest BCUT2D eigenvalue weighted by atomic mass is 10.1. The zero-order valence-electron chi connectivity index (χ0n) is 12.0. The van der Waals surface area contributed by atoms with Gasteiger partial charge in [0.15, 0.2) is 12.0 Å². The summed E-state index contributed by atoms with van der Waals surface area (Å²) < 4.78 is 10.2. The largest absolute Gasteiger partial charge is 0.461 e. The standard InChI is InChI=1S/C14H13N6O2/c1-8-13(9(2)22-19-8)10-7-20(15)12(6-16-10)17-14(18-20)11-4-3-5-21-11/h3-7H,15H2,1-2H3/q+1. The van der Waals surface area contributed by atoms with Gasteiger partial charge in [-0.25, -0.2) is 4.99 Å². The average molecular weight is 297 g/mol. The Morgan fingerprint density at radius 1 is 1.27 bits per heavy atom. The summed E-state index contributed by atoms with van der Waals surface area (Å²) in [7, 11) is 0. The van der Waals surface area contributed by atoms with Crippen molar-refractivity contribution in [3.63, 3.8) is 0 Å². The lowest BCUT2D eigenvalue weighted by Crippen LogP contribution is -2.50. The second-order valence-corrected chi connectivity index (χ2v) is 5.08. The van der Waals surface area contributed by atoms with Gasteiger partial charge in [-0.15, -0.1) is 5.84 Å². The Morgan fingerprint density at radius 3 is 2.82 bits per heavy atom. The summed E-state index contributed by atoms with van der Waals surface area (Å²) in [5.41, 5.74) is 2.23. The molecule has 4 heterocycles. The van der Waals surface area contributed by atoms with Gasteiger partial charge in [-0.1, -0.05) is 5.16 Å². The zero-order valence-corrected chi connectivity index (χ0v) is 12.0. The van der Waals surface area contributed by atoms with E-state index in [4.69, 9.17) is 14.8 Å². The number of fused-ring (bicyclic) bond motifs is 1. The van der Waals surface area contributed by atoms with E-state index in [0.717, 1.165) is 11.3 Å². The van der Waals surface area contributed by atoms with Gasteiger partial charge in [-0.3, -0.25) is 0 Å². The summed E-state index contributed by atoms with van der Waals surface area (Å²) in [4.78, 5) is 8.78. The topological polar surface area (TPSA) is 102 Å². The smallest absolute Gasteiger partial charge is 0.300 e. The first-order chi connectivity index (χ1) is 10.6. The van der Waals surface area contributed by atoms with Gasteiger partial charge in [0.05, 0.1) is 17.5 Å². The van der Waals surface area contributed by atoms with Crippen LogP contribution in [0.25, 0.3) is 5.70 Å². The highest BCUT2D eigenvalue weighted by Crippen LogP contribution is 2.29. The van der Waals surface area contributed by atoms with E-state index < -0.39 is 0 Å². The lowest BCUT2D eigenvalue weighted by Gasteiger charge is -2.19. The summed E-state index contributed by atoms with van der Waals surface area (Å²) in [6.45, 7) is 3.69. The molecule has 2 aliphatic rings. The van der Waals surface area contributed by atoms with Gasteiger partial charge in [0.25, 0.3) is 11.7 Å². The Morgan fingerprint density at radius 2 is 2.14 bits per heavy atom. The molecule has 0 amide bonds. The number of aryl methyl sites for hydroxylation is 2. The Balaban J connectivity index is 1.80. The molecule has 0 radical (unpaired) electrons. The maximum absolute atomic E-state index is 6.32. The van der Waals surface area contributed by atoms with Crippen LogP contribution in [0.3, 0.4) is 0 Å². The van der Waals surface area contributed by atoms with E-state index in [1.54, 1.807) is 30.8 Å². The summed E-state index contributed by atoms with van der Waals surface area (Å²) in [6, 6.07) is 3.55. The predicted octanol–water partition coefficient (Wildman–Crippen LogP) is 1.73. The number of aromatic nitrogens is 1. The SMILES string of the molecule is Cc1noc(C)c1C1=C[N+]2(N)N=C(c3ccco3)N=C2C=N1. The quantitative estimate of drug-likeness (QED) is 0.673. The fourth-order valence-electron chi connectivity index (χ4n) is 2.47. The van der Waals surface area contributed by atoms with Crippen LogP contribution in [0.15, 0.2) is 48.6 Å². The van der Waals surface area contributed by atoms with Crippen LogP contribution in [0.1, 0.15) is 22.8 Å². The molecule has 2 aromatic heterocycles. The van der Waals surface area contributed by atoms with E-state index >= 15 is 0 Å². The maximum Gasteiger partial charge on any atom is 0.300 e. The summed E-state index contributed by atoms with van der Waals surface area (Å²) in [5, 5.41) is 8.36. The number of aliphatic imine (C=N–C) groups is 2. The molecule has 22 heavy (non-hydrogen) atoms. The molecule has 0 aromatic carbocycles. The van der Waals surface area contributed by atoms with Gasteiger partial charge in [-0.2, -0.15) is 4.99 Å². The molecule has 2 aliphatic heterocycles. The van der Waals surface area contributed by atoms with Crippen molar-refractivity contribution in [1.29, 1.82) is 0 Å². The number of nitrogens with two attached hydrogens (primary N) is 1. The minimum absolute atomic E-state index is 0.307. The normalized spacial score (nSPS) is 23.1. The Hall–Kier alpha value is -2.84. The van der Waals surface area contributed by atoms with Crippen LogP contribution in [-0.4, -0.2) is 27.7 Å². The molecule has 4 rings (SSSR count). The van der Waals surface area contributed by atoms with Gasteiger partial charge < -0.3 is 8.94 Å². The fraction of sp³-hybridized carbons (Fsp3) is 0.143. The third-order valence-electron chi connectivity index (χ3n) is 3.52. The Bertz CT molecular complexity index is 852. The molecule has 0 bridgehead atoms. The third-order valence-corrected chi connectivity index (χ3v) is 3.52. The molecule has 8 nitrogen and oxygen atoms in total. The van der Waals surface area contributed by atoms with Crippen molar-refractivity contribution < 1.29 is 13.6 Å². The minimum Gasteiger partial charge on any atom is -0.461 e. The molecule has 0 fully saturated rings. The van der Waals surface area contributed by atoms with Crippen LogP contribution in [0.5, 0.6) is 0 Å². The van der Waals surface area contributed by atoms with Gasteiger partial charge in [0.2, 0.25) is 0 Å². The van der Waals surface area contributed by atoms with Crippen LogP contribution in [0.4, 0.5) is 0 Å². The first kappa shape index (κ1) is 12.9. The van der Waals surface area contributed by atoms with Crippen LogP contribution in [0.2, 0.25) is 0 Å². The Labute approximate surface area is 125 Å². The molecule has 2 N–H and O–H groups in total. The molecule has 1 unspecified atom stereocenters. The first-order valence-electron chi connectivity index (χ1n) is 6.68. The van der Waals surface area contributed by atoms with Crippen molar-refractivity contribution in [3.05, 3.63) is 47.4 Å². The molecule has 0 saturated heterocycles. The average Bonchev–Trinajstić information content (AvgIpc) is 3.16. The van der Waals surface area contributed by atoms with Crippen molar-refractivity contribution in [1.82, 2.24) is 5.16 Å². The molecule has 2 aromatic rings. The molecule has 0 aliphatic carbocycles. The fourth-order valence-corrected chi connectivity index (χ4v) is 2.47. The minimum atomic E-state index is -0.307. The van der Waals surface area contributed by atoms with E-state index in [9.17, 15) is 0 Å². The second kappa shape index (κ2) is 4.33. The highest BCUT2D eigenvalue weighted by atomic mass is 16.5. The van der Waals surface area contributed by atoms with E-state index in [2.05, 4.69) is 20.2 Å². The molecule has 0 saturated carbocycles. The third kappa shape index (κ3) is 1.78. The van der Waals surface area contributed by atoms with E-state index in [1.165, 1.54) is 0 Å². The van der Waals surface area contributed by atoms with Crippen molar-refractivity contribution in [3.8, 4) is 0 Å². The maximum atomic E-state index is 6.32. The zero-order chi connectivity index (χ0) is 15.3. The highest BCUT2D eigenvalue weighted by molar-refractivity contribution is 6.32. The van der Waals surface area contributed by atoms with Crippen LogP contribution >= 0.6 is 0 Å². The van der Waals surface area contributed by atoms with E-state index in [1.807, 2.05) is 13.8 Å². The number of furan rings is 1. The molecule has 8 heteroatoms. The summed E-state index contributed by atoms with van der Waals surface area (Å²) >= 11 is 0. The van der Waals surface area contributed by atoms with Crippen molar-refractivity contribution in [2.24, 2.45) is 20.9 Å². The number of rotatable bonds is 2. The number of amidine groups is 2. The van der Waals surface area contributed by atoms with Gasteiger partial charge >= 0.3 is 0 Å². The monoisotopic (exact) mass is 297 g/mol. The van der Waals surface area contributed by atoms with Gasteiger partial charge in [0, 0.05) is 0 Å². The molecular formula is C14H13N6O2+. The molecular weight excluding hydrogens is 284 g/mol.